The van der Waals surface area contributed by atoms with Gasteiger partial charge in [-0.2, -0.15) is 10.1 Å². The van der Waals surface area contributed by atoms with Crippen LogP contribution in [0.5, 0.6) is 11.5 Å². The normalized spacial score (nSPS) is 18.7. The predicted molar refractivity (Wildman–Crippen MR) is 87.5 cm³/mol. The van der Waals surface area contributed by atoms with E-state index in [1.165, 1.54) is 7.11 Å². The van der Waals surface area contributed by atoms with Crippen molar-refractivity contribution in [3.05, 3.63) is 29.5 Å². The first-order valence-electron chi connectivity index (χ1n) is 6.67. The minimum absolute atomic E-state index is 0.208. The highest BCUT2D eigenvalue weighted by atomic mass is 32.2. The molecule has 0 aromatic heterocycles. The van der Waals surface area contributed by atoms with Crippen LogP contribution in [-0.2, 0) is 9.59 Å². The highest BCUT2D eigenvalue weighted by molar-refractivity contribution is 8.27. The summed E-state index contributed by atoms with van der Waals surface area (Å²) < 4.78 is 10.4. The Morgan fingerprint density at radius 1 is 1.17 bits per heavy atom. The molecular formula is C15H13N3O4S. The van der Waals surface area contributed by atoms with E-state index in [1.807, 2.05) is 0 Å². The first kappa shape index (κ1) is 15.3. The minimum Gasteiger partial charge on any atom is -0.493 e. The Labute approximate surface area is 136 Å². The molecule has 0 N–H and O–H groups in total. The number of hydrogen-bond acceptors (Lipinski definition) is 7. The average Bonchev–Trinajstić information content (AvgIpc) is 2.83. The maximum Gasteiger partial charge on any atom is 0.299 e. The zero-order valence-electron chi connectivity index (χ0n) is 12.7. The molecular weight excluding hydrogens is 318 g/mol. The molecule has 0 radical (unpaired) electrons. The summed E-state index contributed by atoms with van der Waals surface area (Å²) in [6, 6.07) is 5.26. The summed E-state index contributed by atoms with van der Waals surface area (Å²) >= 11 is 0.897. The van der Waals surface area contributed by atoms with Crippen molar-refractivity contribution < 1.29 is 19.1 Å². The number of hydrogen-bond donors (Lipinski definition) is 0. The maximum absolute atomic E-state index is 12.3. The van der Waals surface area contributed by atoms with Crippen LogP contribution >= 0.6 is 11.8 Å². The second-order valence-electron chi connectivity index (χ2n) is 4.73. The van der Waals surface area contributed by atoms with E-state index >= 15 is 0 Å². The number of aliphatic imine (C=N–C) groups is 1. The van der Waals surface area contributed by atoms with Crippen LogP contribution in [0.15, 0.2) is 34.0 Å². The van der Waals surface area contributed by atoms with E-state index in [2.05, 4.69) is 10.1 Å². The Kier molecular flexibility index (Phi) is 3.91. The van der Waals surface area contributed by atoms with Gasteiger partial charge in [-0.25, -0.2) is 4.99 Å². The summed E-state index contributed by atoms with van der Waals surface area (Å²) in [7, 11) is 3.09. The van der Waals surface area contributed by atoms with Crippen LogP contribution in [0, 0.1) is 0 Å². The number of hydrazone groups is 1. The number of carbonyl (C=O) groups is 2. The van der Waals surface area contributed by atoms with Gasteiger partial charge in [-0.1, -0.05) is 6.07 Å². The molecule has 0 fully saturated rings. The third kappa shape index (κ3) is 2.72. The molecule has 7 nitrogen and oxygen atoms in total. The van der Waals surface area contributed by atoms with Crippen LogP contribution in [0.4, 0.5) is 0 Å². The maximum atomic E-state index is 12.3. The number of methoxy groups -OCH3 is 2. The average molecular weight is 331 g/mol. The van der Waals surface area contributed by atoms with Crippen LogP contribution in [0.1, 0.15) is 12.5 Å². The molecule has 0 aliphatic carbocycles. The number of ether oxygens (including phenoxy) is 2. The van der Waals surface area contributed by atoms with E-state index in [9.17, 15) is 9.59 Å². The molecule has 1 amide bonds. The molecule has 3 rings (SSSR count). The molecule has 118 valence electrons. The number of amidine groups is 1. The fourth-order valence-corrected chi connectivity index (χ4v) is 2.80. The molecule has 0 saturated carbocycles. The molecule has 8 heteroatoms. The predicted octanol–water partition coefficient (Wildman–Crippen LogP) is 1.89. The highest BCUT2D eigenvalue weighted by Gasteiger charge is 2.36. The van der Waals surface area contributed by atoms with E-state index < -0.39 is 0 Å². The molecule has 23 heavy (non-hydrogen) atoms. The summed E-state index contributed by atoms with van der Waals surface area (Å²) in [5.74, 6) is 0.780. The Morgan fingerprint density at radius 2 is 1.91 bits per heavy atom. The molecule has 0 atom stereocenters. The Bertz CT molecular complexity index is 798. The third-order valence-electron chi connectivity index (χ3n) is 3.25. The van der Waals surface area contributed by atoms with Gasteiger partial charge in [-0.15, -0.1) is 0 Å². The summed E-state index contributed by atoms with van der Waals surface area (Å²) in [4.78, 5) is 28.1. The van der Waals surface area contributed by atoms with Gasteiger partial charge in [-0.05, 0) is 42.5 Å². The second-order valence-corrected chi connectivity index (χ2v) is 5.67. The van der Waals surface area contributed by atoms with Crippen molar-refractivity contribution in [1.29, 1.82) is 0 Å². The van der Waals surface area contributed by atoms with E-state index in [-0.39, 0.29) is 27.6 Å². The van der Waals surface area contributed by atoms with Gasteiger partial charge in [0, 0.05) is 0 Å². The molecule has 1 aromatic rings. The van der Waals surface area contributed by atoms with Crippen LogP contribution in [0.25, 0.3) is 6.08 Å². The number of thioether (sulfide) groups is 1. The van der Waals surface area contributed by atoms with Crippen molar-refractivity contribution in [3.63, 3.8) is 0 Å². The summed E-state index contributed by atoms with van der Waals surface area (Å²) in [6.07, 6.45) is 1.62. The molecule has 0 saturated heterocycles. The number of benzene rings is 1. The number of carbonyl (C=O) groups excluding carboxylic acids is 2. The largest absolute Gasteiger partial charge is 0.493 e. The van der Waals surface area contributed by atoms with Gasteiger partial charge in [0.1, 0.15) is 11.4 Å². The summed E-state index contributed by atoms with van der Waals surface area (Å²) in [5.41, 5.74) is 1.22. The zero-order valence-corrected chi connectivity index (χ0v) is 13.5. The highest BCUT2D eigenvalue weighted by Crippen LogP contribution is 2.31. The van der Waals surface area contributed by atoms with Gasteiger partial charge >= 0.3 is 0 Å². The molecule has 0 unspecified atom stereocenters. The molecule has 2 heterocycles. The lowest BCUT2D eigenvalue weighted by molar-refractivity contribution is -0.122. The minimum atomic E-state index is -0.367. The van der Waals surface area contributed by atoms with Gasteiger partial charge in [0.2, 0.25) is 10.3 Å². The Morgan fingerprint density at radius 3 is 2.61 bits per heavy atom. The third-order valence-corrected chi connectivity index (χ3v) is 4.18. The van der Waals surface area contributed by atoms with Crippen molar-refractivity contribution in [2.24, 2.45) is 10.1 Å². The monoisotopic (exact) mass is 331 g/mol. The van der Waals surface area contributed by atoms with E-state index in [4.69, 9.17) is 9.47 Å². The van der Waals surface area contributed by atoms with Gasteiger partial charge < -0.3 is 9.47 Å². The zero-order chi connectivity index (χ0) is 16.6. The van der Waals surface area contributed by atoms with E-state index in [0.29, 0.717) is 11.5 Å². The van der Waals surface area contributed by atoms with E-state index in [0.717, 1.165) is 22.3 Å². The molecule has 1 aromatic carbocycles. The van der Waals surface area contributed by atoms with Gasteiger partial charge in [0.05, 0.1) is 14.2 Å². The smallest absolute Gasteiger partial charge is 0.299 e. The molecule has 2 aliphatic heterocycles. The van der Waals surface area contributed by atoms with Crippen molar-refractivity contribution >= 4 is 39.7 Å². The fourth-order valence-electron chi connectivity index (χ4n) is 2.09. The molecule has 0 spiro atoms. The first-order chi connectivity index (χ1) is 11.0. The summed E-state index contributed by atoms with van der Waals surface area (Å²) in [6.45, 7) is 1.56. The summed E-state index contributed by atoms with van der Waals surface area (Å²) in [5, 5.41) is 5.19. The van der Waals surface area contributed by atoms with Crippen LogP contribution in [-0.4, -0.2) is 41.1 Å². The van der Waals surface area contributed by atoms with Crippen LogP contribution in [0.3, 0.4) is 0 Å². The van der Waals surface area contributed by atoms with Crippen molar-refractivity contribution in [2.75, 3.05) is 14.2 Å². The quantitative estimate of drug-likeness (QED) is 0.790. The number of rotatable bonds is 3. The lowest BCUT2D eigenvalue weighted by atomic mass is 10.1. The number of nitrogens with zero attached hydrogens (tertiary/aromatic N) is 3. The first-order valence-corrected chi connectivity index (χ1v) is 7.49. The lowest BCUT2D eigenvalue weighted by Gasteiger charge is -2.15. The number of amides is 1. The van der Waals surface area contributed by atoms with Crippen molar-refractivity contribution in [3.8, 4) is 11.5 Å². The fraction of sp³-hybridized carbons (Fsp3) is 0.200. The van der Waals surface area contributed by atoms with Gasteiger partial charge in [0.25, 0.3) is 5.91 Å². The Balaban J connectivity index is 1.96. The number of fused-ring (bicyclic) bond motifs is 1. The lowest BCUT2D eigenvalue weighted by Crippen LogP contribution is -2.32. The molecule has 2 aliphatic rings. The second kappa shape index (κ2) is 5.88. The van der Waals surface area contributed by atoms with Crippen LogP contribution < -0.4 is 9.47 Å². The standard InChI is InChI=1S/C15H13N3O4S/c1-8-14(20)23-15-16-10(13(19)18(15)17-8)6-9-4-5-11(21-2)12(7-9)22-3/h4-7H,1-3H3/b10-6+. The Hall–Kier alpha value is -2.61. The molecule has 0 bridgehead atoms. The van der Waals surface area contributed by atoms with Crippen LogP contribution in [0.2, 0.25) is 0 Å². The van der Waals surface area contributed by atoms with Crippen molar-refractivity contribution in [1.82, 2.24) is 5.01 Å². The topological polar surface area (TPSA) is 80.6 Å². The van der Waals surface area contributed by atoms with Gasteiger partial charge in [0.15, 0.2) is 11.5 Å². The van der Waals surface area contributed by atoms with Gasteiger partial charge in [-0.3, -0.25) is 9.59 Å². The SMILES string of the molecule is COc1ccc(/C=C2/N=C3SC(=O)C(C)=NN3C2=O)cc1OC. The van der Waals surface area contributed by atoms with E-state index in [1.54, 1.807) is 38.3 Å². The van der Waals surface area contributed by atoms with Crippen molar-refractivity contribution in [2.45, 2.75) is 6.92 Å².